The third kappa shape index (κ3) is 2.59. The second kappa shape index (κ2) is 4.35. The van der Waals surface area contributed by atoms with Crippen molar-refractivity contribution >= 4 is 18.1 Å². The van der Waals surface area contributed by atoms with E-state index in [0.717, 1.165) is 24.5 Å². The lowest BCUT2D eigenvalue weighted by Gasteiger charge is -2.21. The lowest BCUT2D eigenvalue weighted by molar-refractivity contribution is 0.539. The fourth-order valence-corrected chi connectivity index (χ4v) is 1.60. The Labute approximate surface area is 97.1 Å². The van der Waals surface area contributed by atoms with Crippen LogP contribution in [0.5, 0.6) is 0 Å². The maximum absolute atomic E-state index is 4.61. The monoisotopic (exact) mass is 227 g/mol. The zero-order valence-electron chi connectivity index (χ0n) is 9.50. The molecule has 0 spiro atoms. The summed E-state index contributed by atoms with van der Waals surface area (Å²) in [7, 11) is 0. The van der Waals surface area contributed by atoms with Crippen LogP contribution in [0.25, 0.3) is 0 Å². The zero-order chi connectivity index (χ0) is 10.2. The third-order valence-electron chi connectivity index (χ3n) is 2.44. The second-order valence-corrected chi connectivity index (χ2v) is 4.83. The third-order valence-corrected chi connectivity index (χ3v) is 2.44. The van der Waals surface area contributed by atoms with Gasteiger partial charge in [-0.15, -0.1) is 12.4 Å². The Kier molecular flexibility index (Phi) is 3.55. The van der Waals surface area contributed by atoms with E-state index in [1.54, 1.807) is 0 Å². The number of rotatable bonds is 0. The Morgan fingerprint density at radius 3 is 2.73 bits per heavy atom. The minimum absolute atomic E-state index is 0. The van der Waals surface area contributed by atoms with Gasteiger partial charge in [0.2, 0.25) is 0 Å². The van der Waals surface area contributed by atoms with E-state index in [-0.39, 0.29) is 17.8 Å². The van der Waals surface area contributed by atoms with Gasteiger partial charge in [0, 0.05) is 12.0 Å². The van der Waals surface area contributed by atoms with E-state index in [9.17, 15) is 0 Å². The van der Waals surface area contributed by atoms with Crippen LogP contribution in [0, 0.1) is 0 Å². The average molecular weight is 228 g/mol. The normalized spacial score (nSPS) is 14.9. The van der Waals surface area contributed by atoms with Crippen molar-refractivity contribution < 1.29 is 0 Å². The Morgan fingerprint density at radius 1 is 1.33 bits per heavy atom. The van der Waals surface area contributed by atoms with Crippen LogP contribution in [-0.4, -0.2) is 16.5 Å². The molecule has 0 saturated carbocycles. The highest BCUT2D eigenvalue weighted by Crippen LogP contribution is 2.23. The molecule has 0 bridgehead atoms. The highest BCUT2D eigenvalue weighted by Gasteiger charge is 2.19. The molecule has 0 aromatic carbocycles. The van der Waals surface area contributed by atoms with E-state index < -0.39 is 0 Å². The fraction of sp³-hybridized carbons (Fsp3) is 0.636. The second-order valence-electron chi connectivity index (χ2n) is 4.83. The van der Waals surface area contributed by atoms with Gasteiger partial charge in [0.05, 0.1) is 17.6 Å². The van der Waals surface area contributed by atoms with Gasteiger partial charge < -0.3 is 5.32 Å². The molecule has 2 heterocycles. The van der Waals surface area contributed by atoms with Crippen LogP contribution in [0.4, 0.5) is 5.69 Å². The minimum Gasteiger partial charge on any atom is -0.382 e. The van der Waals surface area contributed by atoms with Gasteiger partial charge in [-0.3, -0.25) is 0 Å². The number of aromatic nitrogens is 2. The fourth-order valence-electron chi connectivity index (χ4n) is 1.60. The van der Waals surface area contributed by atoms with Crippen LogP contribution in [0.15, 0.2) is 6.20 Å². The smallest absolute Gasteiger partial charge is 0.134 e. The highest BCUT2D eigenvalue weighted by molar-refractivity contribution is 5.85. The van der Waals surface area contributed by atoms with Crippen molar-refractivity contribution in [2.24, 2.45) is 0 Å². The molecule has 1 N–H and O–H groups in total. The maximum atomic E-state index is 4.61. The number of nitrogens with one attached hydrogen (secondary N) is 1. The van der Waals surface area contributed by atoms with Gasteiger partial charge >= 0.3 is 0 Å². The molecule has 0 radical (unpaired) electrons. The van der Waals surface area contributed by atoms with Gasteiger partial charge in [-0.05, 0) is 12.8 Å². The number of hydrogen-bond donors (Lipinski definition) is 1. The van der Waals surface area contributed by atoms with Gasteiger partial charge in [-0.1, -0.05) is 20.8 Å². The molecule has 0 amide bonds. The minimum atomic E-state index is 0. The summed E-state index contributed by atoms with van der Waals surface area (Å²) in [5, 5.41) is 3.32. The van der Waals surface area contributed by atoms with E-state index in [4.69, 9.17) is 0 Å². The first-order chi connectivity index (χ1) is 6.57. The van der Waals surface area contributed by atoms with E-state index in [2.05, 4.69) is 36.1 Å². The van der Waals surface area contributed by atoms with E-state index in [1.807, 2.05) is 6.20 Å². The molecular formula is C11H18ClN3. The summed E-state index contributed by atoms with van der Waals surface area (Å²) in [6, 6.07) is 0. The average Bonchev–Trinajstić information content (AvgIpc) is 2.16. The van der Waals surface area contributed by atoms with Crippen molar-refractivity contribution in [3.8, 4) is 0 Å². The molecule has 4 heteroatoms. The number of hydrogen-bond acceptors (Lipinski definition) is 3. The first-order valence-electron chi connectivity index (χ1n) is 5.17. The summed E-state index contributed by atoms with van der Waals surface area (Å²) in [5.74, 6) is 0.944. The molecule has 15 heavy (non-hydrogen) atoms. The molecule has 0 saturated heterocycles. The van der Waals surface area contributed by atoms with Crippen molar-refractivity contribution in [2.45, 2.75) is 39.0 Å². The molecule has 0 aliphatic carbocycles. The first-order valence-corrected chi connectivity index (χ1v) is 5.17. The van der Waals surface area contributed by atoms with Crippen LogP contribution < -0.4 is 5.32 Å². The standard InChI is InChI=1S/C11H17N3.ClH/c1-11(2,3)10-13-7-9-8(14-10)5-4-6-12-9;/h7,12H,4-6H2,1-3H3;1H. The number of anilines is 1. The lowest BCUT2D eigenvalue weighted by Crippen LogP contribution is -2.20. The number of aryl methyl sites for hydroxylation is 1. The lowest BCUT2D eigenvalue weighted by atomic mass is 9.95. The van der Waals surface area contributed by atoms with E-state index in [1.165, 1.54) is 12.1 Å². The predicted molar refractivity (Wildman–Crippen MR) is 64.8 cm³/mol. The molecule has 1 aromatic rings. The summed E-state index contributed by atoms with van der Waals surface area (Å²) in [6.07, 6.45) is 4.17. The topological polar surface area (TPSA) is 37.8 Å². The molecular weight excluding hydrogens is 210 g/mol. The molecule has 1 aliphatic heterocycles. The van der Waals surface area contributed by atoms with Gasteiger partial charge in [-0.25, -0.2) is 9.97 Å². The summed E-state index contributed by atoms with van der Waals surface area (Å²) in [5.41, 5.74) is 2.34. The first kappa shape index (κ1) is 12.2. The predicted octanol–water partition coefficient (Wildman–Crippen LogP) is 2.55. The van der Waals surface area contributed by atoms with Gasteiger partial charge in [-0.2, -0.15) is 0 Å². The van der Waals surface area contributed by atoms with Gasteiger partial charge in [0.1, 0.15) is 5.82 Å². The molecule has 3 nitrogen and oxygen atoms in total. The van der Waals surface area contributed by atoms with Crippen LogP contribution in [-0.2, 0) is 11.8 Å². The largest absolute Gasteiger partial charge is 0.382 e. The summed E-state index contributed by atoms with van der Waals surface area (Å²) in [6.45, 7) is 7.48. The van der Waals surface area contributed by atoms with E-state index >= 15 is 0 Å². The number of nitrogens with zero attached hydrogens (tertiary/aromatic N) is 2. The number of fused-ring (bicyclic) bond motifs is 1. The van der Waals surface area contributed by atoms with Crippen molar-refractivity contribution in [1.82, 2.24) is 9.97 Å². The highest BCUT2D eigenvalue weighted by atomic mass is 35.5. The van der Waals surface area contributed by atoms with Crippen LogP contribution in [0.1, 0.15) is 38.7 Å². The molecule has 0 atom stereocenters. The van der Waals surface area contributed by atoms with Crippen molar-refractivity contribution in [3.05, 3.63) is 17.7 Å². The summed E-state index contributed by atoms with van der Waals surface area (Å²) >= 11 is 0. The Balaban J connectivity index is 0.00000112. The van der Waals surface area contributed by atoms with Crippen LogP contribution in [0.2, 0.25) is 0 Å². The van der Waals surface area contributed by atoms with Gasteiger partial charge in [0.25, 0.3) is 0 Å². The molecule has 0 unspecified atom stereocenters. The molecule has 2 rings (SSSR count). The Hall–Kier alpha value is -0.830. The summed E-state index contributed by atoms with van der Waals surface area (Å²) in [4.78, 5) is 9.00. The van der Waals surface area contributed by atoms with Crippen molar-refractivity contribution in [3.63, 3.8) is 0 Å². The van der Waals surface area contributed by atoms with Crippen LogP contribution >= 0.6 is 12.4 Å². The quantitative estimate of drug-likeness (QED) is 0.740. The molecule has 84 valence electrons. The SMILES string of the molecule is CC(C)(C)c1ncc2c(n1)CCCN2.Cl. The number of halogens is 1. The molecule has 1 aromatic heterocycles. The Bertz CT molecular complexity index is 344. The van der Waals surface area contributed by atoms with Crippen molar-refractivity contribution in [2.75, 3.05) is 11.9 Å². The van der Waals surface area contributed by atoms with Gasteiger partial charge in [0.15, 0.2) is 0 Å². The Morgan fingerprint density at radius 2 is 2.07 bits per heavy atom. The molecule has 0 fully saturated rings. The van der Waals surface area contributed by atoms with Crippen molar-refractivity contribution in [1.29, 1.82) is 0 Å². The molecule has 1 aliphatic rings. The maximum Gasteiger partial charge on any atom is 0.134 e. The van der Waals surface area contributed by atoms with Crippen LogP contribution in [0.3, 0.4) is 0 Å². The summed E-state index contributed by atoms with van der Waals surface area (Å²) < 4.78 is 0. The zero-order valence-corrected chi connectivity index (χ0v) is 10.3. The van der Waals surface area contributed by atoms with E-state index in [0.29, 0.717) is 0 Å².